The molecule has 0 aliphatic heterocycles. The first-order valence-corrected chi connectivity index (χ1v) is 6.25. The fourth-order valence-corrected chi connectivity index (χ4v) is 1.64. The first-order chi connectivity index (χ1) is 8.38. The van der Waals surface area contributed by atoms with Gasteiger partial charge in [-0.15, -0.1) is 0 Å². The van der Waals surface area contributed by atoms with Crippen LogP contribution in [0.4, 0.5) is 4.79 Å². The lowest BCUT2D eigenvalue weighted by molar-refractivity contribution is -0.137. The molecule has 18 heavy (non-hydrogen) atoms. The first-order valence-electron chi connectivity index (χ1n) is 6.25. The van der Waals surface area contributed by atoms with E-state index in [0.717, 1.165) is 19.4 Å². The van der Waals surface area contributed by atoms with Crippen LogP contribution < -0.4 is 0 Å². The van der Waals surface area contributed by atoms with Gasteiger partial charge in [0.1, 0.15) is 6.54 Å². The molecule has 106 valence electrons. The van der Waals surface area contributed by atoms with E-state index in [9.17, 15) is 9.59 Å². The minimum Gasteiger partial charge on any atom is -0.480 e. The molecule has 0 aromatic carbocycles. The van der Waals surface area contributed by atoms with E-state index >= 15 is 0 Å². The summed E-state index contributed by atoms with van der Waals surface area (Å²) in [5.74, 6) is -0.974. The Bertz CT molecular complexity index is 269. The Morgan fingerprint density at radius 3 is 2.11 bits per heavy atom. The van der Waals surface area contributed by atoms with Crippen LogP contribution in [0.25, 0.3) is 0 Å². The minimum absolute atomic E-state index is 0.210. The van der Waals surface area contributed by atoms with Crippen molar-refractivity contribution in [3.63, 3.8) is 0 Å². The maximum absolute atomic E-state index is 12.0. The van der Waals surface area contributed by atoms with Crippen LogP contribution in [-0.2, 0) is 4.79 Å². The number of urea groups is 1. The molecule has 0 saturated carbocycles. The zero-order valence-corrected chi connectivity index (χ0v) is 11.8. The Morgan fingerprint density at radius 1 is 1.06 bits per heavy atom. The molecule has 0 rings (SSSR count). The summed E-state index contributed by atoms with van der Waals surface area (Å²) >= 11 is 0. The number of hydrogen-bond donors (Lipinski definition) is 1. The van der Waals surface area contributed by atoms with E-state index in [1.807, 2.05) is 21.0 Å². The molecule has 0 spiro atoms. The van der Waals surface area contributed by atoms with E-state index in [0.29, 0.717) is 13.1 Å². The summed E-state index contributed by atoms with van der Waals surface area (Å²) in [6.07, 6.45) is 1.63. The Hall–Kier alpha value is -1.30. The molecule has 6 nitrogen and oxygen atoms in total. The van der Waals surface area contributed by atoms with Gasteiger partial charge < -0.3 is 19.8 Å². The largest absolute Gasteiger partial charge is 0.480 e. The molecule has 0 aliphatic carbocycles. The van der Waals surface area contributed by atoms with Gasteiger partial charge in [-0.3, -0.25) is 4.79 Å². The van der Waals surface area contributed by atoms with Crippen molar-refractivity contribution in [1.29, 1.82) is 0 Å². The van der Waals surface area contributed by atoms with Crippen LogP contribution >= 0.6 is 0 Å². The molecule has 0 fully saturated rings. The highest BCUT2D eigenvalue weighted by Gasteiger charge is 2.19. The Kier molecular flexibility index (Phi) is 8.11. The topological polar surface area (TPSA) is 64.1 Å². The lowest BCUT2D eigenvalue weighted by Crippen LogP contribution is -2.44. The Morgan fingerprint density at radius 2 is 1.67 bits per heavy atom. The molecule has 0 bridgehead atoms. The van der Waals surface area contributed by atoms with Crippen LogP contribution in [-0.4, -0.2) is 79.1 Å². The standard InChI is InChI=1S/C12H25N3O3/c1-5-7-15(10-11(16)17)12(18)14(4)9-6-8-13(2)3/h5-10H2,1-4H3,(H,16,17). The van der Waals surface area contributed by atoms with Crippen molar-refractivity contribution in [2.75, 3.05) is 47.3 Å². The highest BCUT2D eigenvalue weighted by atomic mass is 16.4. The van der Waals surface area contributed by atoms with Crippen LogP contribution in [0.5, 0.6) is 0 Å². The molecule has 0 atom stereocenters. The average molecular weight is 259 g/mol. The van der Waals surface area contributed by atoms with Crippen LogP contribution in [0.2, 0.25) is 0 Å². The third kappa shape index (κ3) is 7.11. The second-order valence-electron chi connectivity index (χ2n) is 4.68. The van der Waals surface area contributed by atoms with Crippen molar-refractivity contribution < 1.29 is 14.7 Å². The molecule has 2 amide bonds. The Labute approximate surface area is 109 Å². The fourth-order valence-electron chi connectivity index (χ4n) is 1.64. The van der Waals surface area contributed by atoms with E-state index in [1.165, 1.54) is 4.90 Å². The molecule has 0 unspecified atom stereocenters. The molecule has 0 aromatic heterocycles. The first kappa shape index (κ1) is 16.7. The minimum atomic E-state index is -0.974. The zero-order chi connectivity index (χ0) is 14.1. The molecule has 0 saturated heterocycles. The lowest BCUT2D eigenvalue weighted by Gasteiger charge is -2.27. The number of amides is 2. The van der Waals surface area contributed by atoms with Crippen LogP contribution in [0.3, 0.4) is 0 Å². The highest BCUT2D eigenvalue weighted by molar-refractivity contribution is 5.80. The summed E-state index contributed by atoms with van der Waals surface area (Å²) in [6, 6.07) is -0.210. The quantitative estimate of drug-likeness (QED) is 0.700. The van der Waals surface area contributed by atoms with E-state index in [2.05, 4.69) is 4.90 Å². The van der Waals surface area contributed by atoms with Crippen molar-refractivity contribution in [2.24, 2.45) is 0 Å². The van der Waals surface area contributed by atoms with E-state index in [1.54, 1.807) is 11.9 Å². The molecule has 1 N–H and O–H groups in total. The van der Waals surface area contributed by atoms with Gasteiger partial charge in [0.25, 0.3) is 0 Å². The molecule has 0 heterocycles. The monoisotopic (exact) mass is 259 g/mol. The number of carboxylic acids is 1. The van der Waals surface area contributed by atoms with Gasteiger partial charge in [0.05, 0.1) is 0 Å². The molecular formula is C12H25N3O3. The van der Waals surface area contributed by atoms with Crippen molar-refractivity contribution >= 4 is 12.0 Å². The molecule has 6 heteroatoms. The van der Waals surface area contributed by atoms with E-state index in [4.69, 9.17) is 5.11 Å². The molecule has 0 aliphatic rings. The maximum Gasteiger partial charge on any atom is 0.323 e. The summed E-state index contributed by atoms with van der Waals surface area (Å²) in [7, 11) is 5.67. The maximum atomic E-state index is 12.0. The number of carboxylic acid groups (broad SMARTS) is 1. The molecule has 0 aromatic rings. The van der Waals surface area contributed by atoms with Gasteiger partial charge in [0, 0.05) is 20.1 Å². The summed E-state index contributed by atoms with van der Waals surface area (Å²) in [6.45, 7) is 3.71. The highest BCUT2D eigenvalue weighted by Crippen LogP contribution is 2.00. The van der Waals surface area contributed by atoms with Crippen molar-refractivity contribution in [1.82, 2.24) is 14.7 Å². The predicted molar refractivity (Wildman–Crippen MR) is 70.7 cm³/mol. The van der Waals surface area contributed by atoms with Crippen molar-refractivity contribution in [3.8, 4) is 0 Å². The van der Waals surface area contributed by atoms with Gasteiger partial charge in [0.15, 0.2) is 0 Å². The van der Waals surface area contributed by atoms with Gasteiger partial charge in [-0.25, -0.2) is 4.79 Å². The third-order valence-corrected chi connectivity index (χ3v) is 2.52. The number of nitrogens with zero attached hydrogens (tertiary/aromatic N) is 3. The average Bonchev–Trinajstić information content (AvgIpc) is 2.26. The Balaban J connectivity index is 4.23. The number of aliphatic carboxylic acids is 1. The van der Waals surface area contributed by atoms with Crippen molar-refractivity contribution in [2.45, 2.75) is 19.8 Å². The van der Waals surface area contributed by atoms with Crippen LogP contribution in [0.1, 0.15) is 19.8 Å². The summed E-state index contributed by atoms with van der Waals surface area (Å²) < 4.78 is 0. The van der Waals surface area contributed by atoms with Crippen LogP contribution in [0.15, 0.2) is 0 Å². The van der Waals surface area contributed by atoms with Gasteiger partial charge in [-0.05, 0) is 33.5 Å². The summed E-state index contributed by atoms with van der Waals surface area (Å²) in [5, 5.41) is 8.77. The zero-order valence-electron chi connectivity index (χ0n) is 11.8. The van der Waals surface area contributed by atoms with Crippen LogP contribution in [0, 0.1) is 0 Å². The molecule has 0 radical (unpaired) electrons. The fraction of sp³-hybridized carbons (Fsp3) is 0.833. The second kappa shape index (κ2) is 8.74. The van der Waals surface area contributed by atoms with E-state index in [-0.39, 0.29) is 12.6 Å². The number of carbonyl (C=O) groups excluding carboxylic acids is 1. The van der Waals surface area contributed by atoms with Gasteiger partial charge in [-0.2, -0.15) is 0 Å². The van der Waals surface area contributed by atoms with E-state index < -0.39 is 5.97 Å². The third-order valence-electron chi connectivity index (χ3n) is 2.52. The number of rotatable bonds is 8. The lowest BCUT2D eigenvalue weighted by atomic mass is 10.3. The number of hydrogen-bond acceptors (Lipinski definition) is 3. The van der Waals surface area contributed by atoms with Gasteiger partial charge >= 0.3 is 12.0 Å². The van der Waals surface area contributed by atoms with Crippen molar-refractivity contribution in [3.05, 3.63) is 0 Å². The number of carbonyl (C=O) groups is 2. The molecular weight excluding hydrogens is 234 g/mol. The van der Waals surface area contributed by atoms with Gasteiger partial charge in [0.2, 0.25) is 0 Å². The predicted octanol–water partition coefficient (Wildman–Crippen LogP) is 0.787. The smallest absolute Gasteiger partial charge is 0.323 e. The SMILES string of the molecule is CCCN(CC(=O)O)C(=O)N(C)CCCN(C)C. The normalized spacial score (nSPS) is 10.5. The summed E-state index contributed by atoms with van der Waals surface area (Å²) in [5.41, 5.74) is 0. The van der Waals surface area contributed by atoms with Gasteiger partial charge in [-0.1, -0.05) is 6.92 Å². The summed E-state index contributed by atoms with van der Waals surface area (Å²) in [4.78, 5) is 27.7. The second-order valence-corrected chi connectivity index (χ2v) is 4.68.